The summed E-state index contributed by atoms with van der Waals surface area (Å²) in [6, 6.07) is 7.60. The lowest BCUT2D eigenvalue weighted by Crippen LogP contribution is -2.42. The molecule has 3 aromatic rings. The molecule has 198 valence electrons. The number of halogens is 2. The third-order valence-corrected chi connectivity index (χ3v) is 7.41. The van der Waals surface area contributed by atoms with Gasteiger partial charge >= 0.3 is 0 Å². The zero-order chi connectivity index (χ0) is 26.8. The van der Waals surface area contributed by atoms with Crippen molar-refractivity contribution in [2.45, 2.75) is 38.6 Å². The Morgan fingerprint density at radius 1 is 1.13 bits per heavy atom. The van der Waals surface area contributed by atoms with E-state index in [0.717, 1.165) is 61.4 Å². The molecule has 3 heterocycles. The van der Waals surface area contributed by atoms with Crippen molar-refractivity contribution in [1.29, 1.82) is 0 Å². The molecule has 0 atom stereocenters. The number of benzene rings is 1. The van der Waals surface area contributed by atoms with Gasteiger partial charge in [0.1, 0.15) is 29.0 Å². The summed E-state index contributed by atoms with van der Waals surface area (Å²) in [5, 5.41) is 2.77. The minimum atomic E-state index is -0.689. The molecular weight excluding hydrogens is 484 g/mol. The number of hydrogen-bond acceptors (Lipinski definition) is 7. The minimum absolute atomic E-state index is 0.247. The maximum atomic E-state index is 14.2. The monoisotopic (exact) mass is 517 g/mol. The van der Waals surface area contributed by atoms with Crippen molar-refractivity contribution in [3.8, 4) is 11.4 Å². The first-order valence-corrected chi connectivity index (χ1v) is 13.0. The Labute approximate surface area is 222 Å². The summed E-state index contributed by atoms with van der Waals surface area (Å²) in [5.74, 6) is 0.761. The number of pyridine rings is 1. The topological polar surface area (TPSA) is 69.5 Å². The van der Waals surface area contributed by atoms with Gasteiger partial charge in [0, 0.05) is 36.6 Å². The lowest BCUT2D eigenvalue weighted by atomic mass is 9.98. The molecule has 7 nitrogen and oxygen atoms in total. The Balaban J connectivity index is 1.56. The predicted molar refractivity (Wildman–Crippen MR) is 149 cm³/mol. The molecule has 2 aromatic heterocycles. The Hall–Kier alpha value is -3.72. The Morgan fingerprint density at radius 3 is 2.50 bits per heavy atom. The number of aliphatic imine (C=N–C) groups is 1. The van der Waals surface area contributed by atoms with Gasteiger partial charge in [-0.1, -0.05) is 6.07 Å². The molecule has 2 aliphatic rings. The second kappa shape index (κ2) is 10.9. The molecular formula is C29H33F2N7. The minimum Gasteiger partial charge on any atom is -0.356 e. The van der Waals surface area contributed by atoms with E-state index in [4.69, 9.17) is 9.97 Å². The van der Waals surface area contributed by atoms with E-state index in [-0.39, 0.29) is 5.69 Å². The average molecular weight is 518 g/mol. The number of rotatable bonds is 8. The van der Waals surface area contributed by atoms with Crippen molar-refractivity contribution < 1.29 is 8.78 Å². The summed E-state index contributed by atoms with van der Waals surface area (Å²) in [6.07, 6.45) is 7.76. The van der Waals surface area contributed by atoms with Crippen LogP contribution in [0.3, 0.4) is 0 Å². The molecule has 0 unspecified atom stereocenters. The molecule has 0 amide bonds. The van der Waals surface area contributed by atoms with Gasteiger partial charge in [0.05, 0.1) is 5.69 Å². The van der Waals surface area contributed by atoms with Crippen molar-refractivity contribution in [2.75, 3.05) is 37.4 Å². The van der Waals surface area contributed by atoms with E-state index in [2.05, 4.69) is 45.9 Å². The van der Waals surface area contributed by atoms with Crippen LogP contribution in [0.5, 0.6) is 0 Å². The van der Waals surface area contributed by atoms with E-state index in [1.54, 1.807) is 18.3 Å². The summed E-state index contributed by atoms with van der Waals surface area (Å²) in [4.78, 5) is 23.0. The van der Waals surface area contributed by atoms with Gasteiger partial charge in [0.2, 0.25) is 0 Å². The highest BCUT2D eigenvalue weighted by atomic mass is 19.1. The fourth-order valence-electron chi connectivity index (χ4n) is 5.09. The first-order valence-electron chi connectivity index (χ1n) is 13.0. The Bertz CT molecular complexity index is 1340. The second-order valence-corrected chi connectivity index (χ2v) is 10.2. The fourth-order valence-corrected chi connectivity index (χ4v) is 5.09. The quantitative estimate of drug-likeness (QED) is 0.378. The standard InChI is InChI=1S/C29H33F2N7/c1-18-26(22(17-32-2)19-8-9-19)29(38(4)21-11-14-37(3)15-12-21)36-28(34-18)20-10-13-33-25(16-20)35-27-23(30)6-5-7-24(27)31/h5-7,10,13,16-17,19,21H,2,8-9,11-12,14-15H2,1,3-4H3,(H,33,35)/b22-17-. The zero-order valence-electron chi connectivity index (χ0n) is 22.1. The fraction of sp³-hybridized carbons (Fsp3) is 0.379. The van der Waals surface area contributed by atoms with E-state index < -0.39 is 11.6 Å². The van der Waals surface area contributed by atoms with Gasteiger partial charge < -0.3 is 15.1 Å². The molecule has 1 saturated heterocycles. The molecule has 0 spiro atoms. The zero-order valence-corrected chi connectivity index (χ0v) is 22.1. The average Bonchev–Trinajstić information content (AvgIpc) is 3.75. The number of aromatic nitrogens is 3. The molecule has 1 aliphatic heterocycles. The van der Waals surface area contributed by atoms with E-state index >= 15 is 0 Å². The van der Waals surface area contributed by atoms with Gasteiger partial charge in [-0.15, -0.1) is 0 Å². The van der Waals surface area contributed by atoms with Crippen molar-refractivity contribution in [3.05, 3.63) is 65.6 Å². The van der Waals surface area contributed by atoms with Crippen LogP contribution in [0.4, 0.5) is 26.1 Å². The van der Waals surface area contributed by atoms with Crippen LogP contribution in [0.25, 0.3) is 17.0 Å². The highest BCUT2D eigenvalue weighted by molar-refractivity contribution is 5.80. The molecule has 1 aromatic carbocycles. The summed E-state index contributed by atoms with van der Waals surface area (Å²) >= 11 is 0. The molecule has 1 N–H and O–H groups in total. The summed E-state index contributed by atoms with van der Waals surface area (Å²) < 4.78 is 28.5. The SMILES string of the molecule is C=N/C=C(\c1c(C)nc(-c2ccnc(Nc3c(F)cccc3F)c2)nc1N(C)C1CCN(C)CC1)C1CC1. The third kappa shape index (κ3) is 5.43. The molecule has 1 aliphatic carbocycles. The smallest absolute Gasteiger partial charge is 0.161 e. The number of likely N-dealkylation sites (tertiary alicyclic amines) is 1. The molecule has 0 bridgehead atoms. The number of para-hydroxylation sites is 1. The number of anilines is 3. The number of aryl methyl sites for hydroxylation is 1. The maximum absolute atomic E-state index is 14.2. The Morgan fingerprint density at radius 2 is 1.84 bits per heavy atom. The maximum Gasteiger partial charge on any atom is 0.161 e. The van der Waals surface area contributed by atoms with Crippen LogP contribution in [0, 0.1) is 24.5 Å². The molecule has 1 saturated carbocycles. The van der Waals surface area contributed by atoms with Crippen molar-refractivity contribution in [3.63, 3.8) is 0 Å². The third-order valence-electron chi connectivity index (χ3n) is 7.41. The predicted octanol–water partition coefficient (Wildman–Crippen LogP) is 5.85. The lowest BCUT2D eigenvalue weighted by Gasteiger charge is -2.37. The van der Waals surface area contributed by atoms with Gasteiger partial charge in [0.25, 0.3) is 0 Å². The van der Waals surface area contributed by atoms with Crippen LogP contribution in [-0.2, 0) is 0 Å². The highest BCUT2D eigenvalue weighted by Crippen LogP contribution is 2.46. The Kier molecular flexibility index (Phi) is 7.46. The van der Waals surface area contributed by atoms with Crippen LogP contribution < -0.4 is 10.2 Å². The first kappa shape index (κ1) is 25.9. The van der Waals surface area contributed by atoms with Crippen molar-refractivity contribution in [2.24, 2.45) is 10.9 Å². The molecule has 2 fully saturated rings. The van der Waals surface area contributed by atoms with Crippen molar-refractivity contribution >= 4 is 29.6 Å². The normalized spacial score (nSPS) is 16.9. The van der Waals surface area contributed by atoms with Crippen LogP contribution >= 0.6 is 0 Å². The van der Waals surface area contributed by atoms with Gasteiger partial charge in [-0.3, -0.25) is 4.99 Å². The van der Waals surface area contributed by atoms with Crippen LogP contribution in [0.15, 0.2) is 47.7 Å². The molecule has 9 heteroatoms. The van der Waals surface area contributed by atoms with E-state index in [1.807, 2.05) is 13.1 Å². The number of piperidine rings is 1. The van der Waals surface area contributed by atoms with E-state index in [1.165, 1.54) is 18.2 Å². The largest absolute Gasteiger partial charge is 0.356 e. The van der Waals surface area contributed by atoms with E-state index in [0.29, 0.717) is 29.2 Å². The number of nitrogens with zero attached hydrogens (tertiary/aromatic N) is 6. The number of allylic oxidation sites excluding steroid dienone is 1. The second-order valence-electron chi connectivity index (χ2n) is 10.2. The number of hydrogen-bond donors (Lipinski definition) is 1. The van der Waals surface area contributed by atoms with Crippen LogP contribution in [0.1, 0.15) is 36.9 Å². The van der Waals surface area contributed by atoms with Gasteiger partial charge in [-0.25, -0.2) is 23.7 Å². The molecule has 5 rings (SSSR count). The lowest BCUT2D eigenvalue weighted by molar-refractivity contribution is 0.252. The summed E-state index contributed by atoms with van der Waals surface area (Å²) in [6.45, 7) is 7.78. The van der Waals surface area contributed by atoms with Crippen molar-refractivity contribution in [1.82, 2.24) is 19.9 Å². The highest BCUT2D eigenvalue weighted by Gasteiger charge is 2.33. The summed E-state index contributed by atoms with van der Waals surface area (Å²) in [7, 11) is 4.26. The van der Waals surface area contributed by atoms with Gasteiger partial charge in [-0.05, 0) is 95.2 Å². The van der Waals surface area contributed by atoms with Crippen LogP contribution in [0.2, 0.25) is 0 Å². The van der Waals surface area contributed by atoms with E-state index in [9.17, 15) is 8.78 Å². The van der Waals surface area contributed by atoms with Gasteiger partial charge in [0.15, 0.2) is 5.82 Å². The summed E-state index contributed by atoms with van der Waals surface area (Å²) in [5.41, 5.74) is 3.46. The van der Waals surface area contributed by atoms with Crippen LogP contribution in [-0.4, -0.2) is 59.8 Å². The molecule has 38 heavy (non-hydrogen) atoms. The van der Waals surface area contributed by atoms with Gasteiger partial charge in [-0.2, -0.15) is 0 Å². The number of nitrogens with one attached hydrogen (secondary N) is 1. The first-order chi connectivity index (χ1) is 18.4. The molecule has 0 radical (unpaired) electrons.